The lowest BCUT2D eigenvalue weighted by molar-refractivity contribution is -0.122. The molecule has 0 aromatic carbocycles. The third-order valence-corrected chi connectivity index (χ3v) is 4.23. The quantitative estimate of drug-likeness (QED) is 0.917. The van der Waals surface area contributed by atoms with Crippen molar-refractivity contribution in [1.82, 2.24) is 20.4 Å². The van der Waals surface area contributed by atoms with E-state index in [4.69, 9.17) is 4.52 Å². The summed E-state index contributed by atoms with van der Waals surface area (Å²) in [6.07, 6.45) is 7.14. The fourth-order valence-corrected chi connectivity index (χ4v) is 3.04. The van der Waals surface area contributed by atoms with Gasteiger partial charge in [0.2, 0.25) is 17.6 Å². The second kappa shape index (κ2) is 7.35. The molecule has 6 nitrogen and oxygen atoms in total. The smallest absolute Gasteiger partial charge is 0.227 e. The van der Waals surface area contributed by atoms with Crippen molar-refractivity contribution in [1.29, 1.82) is 0 Å². The van der Waals surface area contributed by atoms with Crippen molar-refractivity contribution < 1.29 is 9.32 Å². The van der Waals surface area contributed by atoms with E-state index >= 15 is 0 Å². The van der Waals surface area contributed by atoms with Crippen LogP contribution in [0, 0.1) is 5.92 Å². The molecule has 1 aliphatic rings. The van der Waals surface area contributed by atoms with Gasteiger partial charge in [0.25, 0.3) is 0 Å². The average molecular weight is 314 g/mol. The molecule has 2 heterocycles. The number of hydrogen-bond acceptors (Lipinski definition) is 5. The maximum atomic E-state index is 12.1. The molecule has 6 heteroatoms. The van der Waals surface area contributed by atoms with Gasteiger partial charge >= 0.3 is 0 Å². The van der Waals surface area contributed by atoms with E-state index in [0.29, 0.717) is 42.2 Å². The average Bonchev–Trinajstić information content (AvgIpc) is 3.03. The Morgan fingerprint density at radius 2 is 2.30 bits per heavy atom. The van der Waals surface area contributed by atoms with Crippen LogP contribution < -0.4 is 5.32 Å². The molecule has 0 radical (unpaired) electrons. The minimum atomic E-state index is 0.0571. The van der Waals surface area contributed by atoms with E-state index in [9.17, 15) is 4.79 Å². The van der Waals surface area contributed by atoms with Gasteiger partial charge in [-0.3, -0.25) is 9.78 Å². The summed E-state index contributed by atoms with van der Waals surface area (Å²) in [5.41, 5.74) is 0.670. The Morgan fingerprint density at radius 1 is 1.39 bits per heavy atom. The van der Waals surface area contributed by atoms with Gasteiger partial charge in [-0.1, -0.05) is 31.0 Å². The Balaban J connectivity index is 1.48. The number of aryl methyl sites for hydroxylation is 1. The van der Waals surface area contributed by atoms with Gasteiger partial charge in [-0.05, 0) is 30.9 Å². The number of nitrogens with one attached hydrogen (secondary N) is 1. The summed E-state index contributed by atoms with van der Waals surface area (Å²) in [5, 5.41) is 7.03. The minimum absolute atomic E-state index is 0.0571. The molecule has 122 valence electrons. The Kier molecular flexibility index (Phi) is 5.00. The van der Waals surface area contributed by atoms with Crippen molar-refractivity contribution in [3.63, 3.8) is 0 Å². The van der Waals surface area contributed by atoms with Gasteiger partial charge in [-0.25, -0.2) is 0 Å². The number of amides is 1. The molecule has 2 aromatic rings. The Labute approximate surface area is 135 Å². The summed E-state index contributed by atoms with van der Waals surface area (Å²) in [5.74, 6) is 1.69. The van der Waals surface area contributed by atoms with Crippen LogP contribution in [-0.4, -0.2) is 27.1 Å². The lowest BCUT2D eigenvalue weighted by atomic mass is 9.87. The van der Waals surface area contributed by atoms with Crippen LogP contribution in [0.15, 0.2) is 28.9 Å². The fraction of sp³-hybridized carbons (Fsp3) is 0.529. The normalized spacial score (nSPS) is 21.1. The van der Waals surface area contributed by atoms with Crippen LogP contribution in [0.3, 0.4) is 0 Å². The zero-order chi connectivity index (χ0) is 16.1. The van der Waals surface area contributed by atoms with Crippen molar-refractivity contribution in [2.45, 2.75) is 51.5 Å². The molecule has 2 atom stereocenters. The number of hydrogen-bond donors (Lipinski definition) is 1. The molecule has 1 amide bonds. The first-order valence-electron chi connectivity index (χ1n) is 8.24. The van der Waals surface area contributed by atoms with Crippen LogP contribution in [0.1, 0.15) is 44.9 Å². The summed E-state index contributed by atoms with van der Waals surface area (Å²) in [6.45, 7) is 2.25. The first kappa shape index (κ1) is 15.6. The monoisotopic (exact) mass is 314 g/mol. The molecule has 1 fully saturated rings. The second-order valence-electron chi connectivity index (χ2n) is 6.26. The molecule has 0 spiro atoms. The van der Waals surface area contributed by atoms with E-state index in [2.05, 4.69) is 27.4 Å². The molecular weight excluding hydrogens is 292 g/mol. The molecule has 0 bridgehead atoms. The summed E-state index contributed by atoms with van der Waals surface area (Å²) < 4.78 is 5.20. The second-order valence-corrected chi connectivity index (χ2v) is 6.26. The summed E-state index contributed by atoms with van der Waals surface area (Å²) >= 11 is 0. The van der Waals surface area contributed by atoms with E-state index in [0.717, 1.165) is 12.8 Å². The molecule has 2 aromatic heterocycles. The lowest BCUT2D eigenvalue weighted by Crippen LogP contribution is -2.38. The molecule has 1 aliphatic carbocycles. The van der Waals surface area contributed by atoms with E-state index in [-0.39, 0.29) is 5.91 Å². The molecular formula is C17H22N4O2. The Bertz CT molecular complexity index is 641. The number of rotatable bonds is 5. The van der Waals surface area contributed by atoms with Crippen LogP contribution >= 0.6 is 0 Å². The van der Waals surface area contributed by atoms with Crippen LogP contribution in [0.25, 0.3) is 11.5 Å². The fourth-order valence-electron chi connectivity index (χ4n) is 3.04. The highest BCUT2D eigenvalue weighted by atomic mass is 16.5. The number of nitrogens with zero attached hydrogens (tertiary/aromatic N) is 3. The molecule has 0 aliphatic heterocycles. The predicted molar refractivity (Wildman–Crippen MR) is 85.4 cm³/mol. The number of pyridine rings is 1. The third-order valence-electron chi connectivity index (χ3n) is 4.23. The van der Waals surface area contributed by atoms with Crippen molar-refractivity contribution in [2.24, 2.45) is 5.92 Å². The van der Waals surface area contributed by atoms with E-state index in [1.807, 2.05) is 18.2 Å². The van der Waals surface area contributed by atoms with Crippen molar-refractivity contribution >= 4 is 5.91 Å². The molecule has 23 heavy (non-hydrogen) atoms. The highest BCUT2D eigenvalue weighted by Crippen LogP contribution is 2.23. The number of carbonyl (C=O) groups is 1. The molecule has 3 rings (SSSR count). The van der Waals surface area contributed by atoms with Crippen LogP contribution in [0.2, 0.25) is 0 Å². The van der Waals surface area contributed by atoms with Gasteiger partial charge in [0.1, 0.15) is 5.69 Å². The first-order chi connectivity index (χ1) is 11.2. The van der Waals surface area contributed by atoms with E-state index in [1.54, 1.807) is 6.20 Å². The maximum absolute atomic E-state index is 12.1. The van der Waals surface area contributed by atoms with Crippen molar-refractivity contribution in [3.05, 3.63) is 30.3 Å². The van der Waals surface area contributed by atoms with Crippen LogP contribution in [0.4, 0.5) is 0 Å². The molecule has 0 saturated heterocycles. The maximum Gasteiger partial charge on any atom is 0.227 e. The lowest BCUT2D eigenvalue weighted by Gasteiger charge is -2.27. The highest BCUT2D eigenvalue weighted by Gasteiger charge is 2.20. The van der Waals surface area contributed by atoms with Crippen molar-refractivity contribution in [3.8, 4) is 11.5 Å². The van der Waals surface area contributed by atoms with E-state index in [1.165, 1.54) is 12.8 Å². The number of carbonyl (C=O) groups excluding carboxylic acids is 1. The first-order valence-corrected chi connectivity index (χ1v) is 8.24. The molecule has 1 saturated carbocycles. The largest absolute Gasteiger partial charge is 0.353 e. The topological polar surface area (TPSA) is 80.9 Å². The molecule has 2 unspecified atom stereocenters. The van der Waals surface area contributed by atoms with Crippen LogP contribution in [-0.2, 0) is 11.2 Å². The van der Waals surface area contributed by atoms with Gasteiger partial charge in [0, 0.05) is 25.1 Å². The van der Waals surface area contributed by atoms with Crippen LogP contribution in [0.5, 0.6) is 0 Å². The number of aromatic nitrogens is 3. The Hall–Kier alpha value is -2.24. The van der Waals surface area contributed by atoms with Gasteiger partial charge in [-0.15, -0.1) is 0 Å². The highest BCUT2D eigenvalue weighted by molar-refractivity contribution is 5.76. The van der Waals surface area contributed by atoms with Gasteiger partial charge in [0.15, 0.2) is 0 Å². The van der Waals surface area contributed by atoms with Crippen molar-refractivity contribution in [2.75, 3.05) is 0 Å². The SMILES string of the molecule is CC1CCCC(NC(=O)CCc2nc(-c3ccccn3)no2)C1. The molecule has 1 N–H and O–H groups in total. The summed E-state index contributed by atoms with van der Waals surface area (Å²) in [4.78, 5) is 20.5. The predicted octanol–water partition coefficient (Wildman–Crippen LogP) is 2.76. The summed E-state index contributed by atoms with van der Waals surface area (Å²) in [6, 6.07) is 5.85. The van der Waals surface area contributed by atoms with Gasteiger partial charge < -0.3 is 9.84 Å². The standard InChI is InChI=1S/C17H22N4O2/c1-12-5-4-6-13(11-12)19-15(22)8-9-16-20-17(21-23-16)14-7-2-3-10-18-14/h2-3,7,10,12-13H,4-6,8-9,11H2,1H3,(H,19,22). The van der Waals surface area contributed by atoms with E-state index < -0.39 is 0 Å². The zero-order valence-electron chi connectivity index (χ0n) is 13.4. The minimum Gasteiger partial charge on any atom is -0.353 e. The third kappa shape index (κ3) is 4.37. The summed E-state index contributed by atoms with van der Waals surface area (Å²) in [7, 11) is 0. The Morgan fingerprint density at radius 3 is 3.09 bits per heavy atom. The van der Waals surface area contributed by atoms with Gasteiger partial charge in [0.05, 0.1) is 0 Å². The van der Waals surface area contributed by atoms with Gasteiger partial charge in [-0.2, -0.15) is 4.98 Å². The zero-order valence-corrected chi connectivity index (χ0v) is 13.4.